The van der Waals surface area contributed by atoms with Crippen LogP contribution in [0, 0.1) is 0 Å². The number of carbonyl (C=O) groups excluding carboxylic acids is 1. The maximum Gasteiger partial charge on any atom is 0.227 e. The minimum absolute atomic E-state index is 0.255. The Hall–Kier alpha value is -0.580. The van der Waals surface area contributed by atoms with Gasteiger partial charge < -0.3 is 9.80 Å². The minimum Gasteiger partial charge on any atom is -0.341 e. The van der Waals surface area contributed by atoms with Crippen LogP contribution in [0.15, 0.2) is 17.5 Å². The van der Waals surface area contributed by atoms with E-state index in [1.54, 1.807) is 11.3 Å². The van der Waals surface area contributed by atoms with Crippen LogP contribution in [0.4, 0.5) is 0 Å². The van der Waals surface area contributed by atoms with Crippen LogP contribution < -0.4 is 0 Å². The Morgan fingerprint density at radius 1 is 1.33 bits per heavy atom. The molecule has 1 aromatic rings. The molecule has 1 aliphatic rings. The third kappa shape index (κ3) is 3.97. The van der Waals surface area contributed by atoms with E-state index >= 15 is 0 Å². The summed E-state index contributed by atoms with van der Waals surface area (Å²) in [5.74, 6) is 0.925. The Kier molecular flexibility index (Phi) is 5.47. The van der Waals surface area contributed by atoms with E-state index in [9.17, 15) is 4.79 Å². The third-order valence-electron chi connectivity index (χ3n) is 3.25. The van der Waals surface area contributed by atoms with Gasteiger partial charge in [-0.2, -0.15) is 0 Å². The second-order valence-electron chi connectivity index (χ2n) is 4.52. The first-order valence-electron chi connectivity index (χ1n) is 6.38. The fourth-order valence-corrected chi connectivity index (χ4v) is 3.17. The van der Waals surface area contributed by atoms with Gasteiger partial charge in [-0.3, -0.25) is 4.79 Å². The maximum absolute atomic E-state index is 12.2. The molecule has 0 atom stereocenters. The predicted molar refractivity (Wildman–Crippen MR) is 76.4 cm³/mol. The van der Waals surface area contributed by atoms with Gasteiger partial charge in [-0.15, -0.1) is 22.9 Å². The van der Waals surface area contributed by atoms with Gasteiger partial charge in [0, 0.05) is 36.9 Å². The van der Waals surface area contributed by atoms with E-state index in [0.717, 1.165) is 44.0 Å². The van der Waals surface area contributed by atoms with Crippen LogP contribution in [0.1, 0.15) is 11.3 Å². The van der Waals surface area contributed by atoms with Gasteiger partial charge in [-0.25, -0.2) is 0 Å². The molecular weight excluding hydrogens is 268 g/mol. The van der Waals surface area contributed by atoms with Crippen LogP contribution >= 0.6 is 22.9 Å². The van der Waals surface area contributed by atoms with Crippen molar-refractivity contribution in [2.24, 2.45) is 0 Å². The normalized spacial score (nSPS) is 17.7. The molecule has 0 spiro atoms. The van der Waals surface area contributed by atoms with Gasteiger partial charge in [0.25, 0.3) is 0 Å². The Bertz CT molecular complexity index is 369. The molecule has 0 saturated carbocycles. The SMILES string of the molecule is O=C(Cc1cccs1)N1CCCN(CCCl)CC1. The molecule has 2 heterocycles. The summed E-state index contributed by atoms with van der Waals surface area (Å²) in [5.41, 5.74) is 0. The monoisotopic (exact) mass is 286 g/mol. The summed E-state index contributed by atoms with van der Waals surface area (Å²) in [7, 11) is 0. The van der Waals surface area contributed by atoms with E-state index in [2.05, 4.69) is 4.90 Å². The van der Waals surface area contributed by atoms with Crippen LogP contribution in [-0.2, 0) is 11.2 Å². The molecule has 100 valence electrons. The average molecular weight is 287 g/mol. The first kappa shape index (κ1) is 13.8. The summed E-state index contributed by atoms with van der Waals surface area (Å²) in [6.07, 6.45) is 1.60. The summed E-state index contributed by atoms with van der Waals surface area (Å²) < 4.78 is 0. The average Bonchev–Trinajstić information content (AvgIpc) is 2.74. The zero-order valence-corrected chi connectivity index (χ0v) is 12.1. The first-order chi connectivity index (χ1) is 8.79. The lowest BCUT2D eigenvalue weighted by atomic mass is 10.3. The number of hydrogen-bond donors (Lipinski definition) is 0. The lowest BCUT2D eigenvalue weighted by Gasteiger charge is -2.21. The van der Waals surface area contributed by atoms with Crippen molar-refractivity contribution in [1.29, 1.82) is 0 Å². The molecule has 0 unspecified atom stereocenters. The van der Waals surface area contributed by atoms with E-state index in [4.69, 9.17) is 11.6 Å². The number of nitrogens with zero attached hydrogens (tertiary/aromatic N) is 2. The van der Waals surface area contributed by atoms with E-state index in [1.807, 2.05) is 22.4 Å². The Balaban J connectivity index is 1.83. The highest BCUT2D eigenvalue weighted by Gasteiger charge is 2.18. The Labute approximate surface area is 117 Å². The highest BCUT2D eigenvalue weighted by molar-refractivity contribution is 7.10. The molecule has 1 fully saturated rings. The molecule has 1 aromatic heterocycles. The highest BCUT2D eigenvalue weighted by atomic mass is 35.5. The number of halogens is 1. The molecule has 0 bridgehead atoms. The molecule has 18 heavy (non-hydrogen) atoms. The number of carbonyl (C=O) groups is 1. The van der Waals surface area contributed by atoms with Crippen molar-refractivity contribution in [3.63, 3.8) is 0 Å². The van der Waals surface area contributed by atoms with E-state index in [-0.39, 0.29) is 5.91 Å². The summed E-state index contributed by atoms with van der Waals surface area (Å²) in [6, 6.07) is 4.03. The van der Waals surface area contributed by atoms with E-state index in [1.165, 1.54) is 0 Å². The van der Waals surface area contributed by atoms with Gasteiger partial charge in [-0.05, 0) is 24.4 Å². The Morgan fingerprint density at radius 3 is 2.94 bits per heavy atom. The van der Waals surface area contributed by atoms with Crippen molar-refractivity contribution in [1.82, 2.24) is 9.80 Å². The molecule has 1 aliphatic heterocycles. The van der Waals surface area contributed by atoms with Crippen LogP contribution in [0.2, 0.25) is 0 Å². The van der Waals surface area contributed by atoms with Crippen LogP contribution in [0.5, 0.6) is 0 Å². The molecule has 1 amide bonds. The van der Waals surface area contributed by atoms with Gasteiger partial charge in [0.05, 0.1) is 6.42 Å². The van der Waals surface area contributed by atoms with E-state index < -0.39 is 0 Å². The standard InChI is InChI=1S/C13H19ClN2OS/c14-4-7-15-5-2-6-16(9-8-15)13(17)11-12-3-1-10-18-12/h1,3,10H,2,4-9,11H2. The number of amides is 1. The minimum atomic E-state index is 0.255. The zero-order chi connectivity index (χ0) is 12.8. The summed E-state index contributed by atoms with van der Waals surface area (Å²) >= 11 is 7.41. The lowest BCUT2D eigenvalue weighted by molar-refractivity contribution is -0.130. The van der Waals surface area contributed by atoms with Crippen molar-refractivity contribution >= 4 is 28.8 Å². The second kappa shape index (κ2) is 7.12. The molecule has 2 rings (SSSR count). The molecule has 5 heteroatoms. The zero-order valence-electron chi connectivity index (χ0n) is 10.5. The van der Waals surface area contributed by atoms with Crippen molar-refractivity contribution in [3.05, 3.63) is 22.4 Å². The molecular formula is C13H19ClN2OS. The quantitative estimate of drug-likeness (QED) is 0.791. The molecule has 1 saturated heterocycles. The summed E-state index contributed by atoms with van der Waals surface area (Å²) in [5, 5.41) is 2.02. The molecule has 0 aliphatic carbocycles. The largest absolute Gasteiger partial charge is 0.341 e. The van der Waals surface area contributed by atoms with Crippen molar-refractivity contribution in [3.8, 4) is 0 Å². The fourth-order valence-electron chi connectivity index (χ4n) is 2.24. The maximum atomic E-state index is 12.2. The number of hydrogen-bond acceptors (Lipinski definition) is 3. The third-order valence-corrected chi connectivity index (χ3v) is 4.29. The van der Waals surface area contributed by atoms with Crippen LogP contribution in [0.3, 0.4) is 0 Å². The fraction of sp³-hybridized carbons (Fsp3) is 0.615. The van der Waals surface area contributed by atoms with Crippen LogP contribution in [-0.4, -0.2) is 54.3 Å². The first-order valence-corrected chi connectivity index (χ1v) is 7.79. The molecule has 0 N–H and O–H groups in total. The topological polar surface area (TPSA) is 23.6 Å². The smallest absolute Gasteiger partial charge is 0.227 e. The van der Waals surface area contributed by atoms with Crippen molar-refractivity contribution in [2.75, 3.05) is 38.6 Å². The number of rotatable bonds is 4. The molecule has 0 aromatic carbocycles. The highest BCUT2D eigenvalue weighted by Crippen LogP contribution is 2.12. The lowest BCUT2D eigenvalue weighted by Crippen LogP contribution is -2.36. The van der Waals surface area contributed by atoms with Crippen molar-refractivity contribution in [2.45, 2.75) is 12.8 Å². The molecule has 0 radical (unpaired) electrons. The summed E-state index contributed by atoms with van der Waals surface area (Å²) in [6.45, 7) is 4.64. The summed E-state index contributed by atoms with van der Waals surface area (Å²) in [4.78, 5) is 17.7. The van der Waals surface area contributed by atoms with E-state index in [0.29, 0.717) is 12.3 Å². The number of alkyl halides is 1. The predicted octanol–water partition coefficient (Wildman–Crippen LogP) is 2.06. The van der Waals surface area contributed by atoms with Gasteiger partial charge in [0.2, 0.25) is 5.91 Å². The Morgan fingerprint density at radius 2 is 2.22 bits per heavy atom. The van der Waals surface area contributed by atoms with Gasteiger partial charge in [0.15, 0.2) is 0 Å². The van der Waals surface area contributed by atoms with Crippen LogP contribution in [0.25, 0.3) is 0 Å². The van der Waals surface area contributed by atoms with Gasteiger partial charge in [0.1, 0.15) is 0 Å². The van der Waals surface area contributed by atoms with Gasteiger partial charge >= 0.3 is 0 Å². The number of thiophene rings is 1. The van der Waals surface area contributed by atoms with Crippen molar-refractivity contribution < 1.29 is 4.79 Å². The second-order valence-corrected chi connectivity index (χ2v) is 5.93. The molecule has 3 nitrogen and oxygen atoms in total. The van der Waals surface area contributed by atoms with Gasteiger partial charge in [-0.1, -0.05) is 6.07 Å².